The number of hydrogen-bond donors (Lipinski definition) is 0. The molecule has 0 fully saturated rings. The third kappa shape index (κ3) is 3.06. The van der Waals surface area contributed by atoms with Crippen LogP contribution in [-0.2, 0) is 5.33 Å². The first-order valence-electron chi connectivity index (χ1n) is 5.40. The van der Waals surface area contributed by atoms with Crippen LogP contribution in [0.15, 0.2) is 22.7 Å². The molecule has 0 N–H and O–H groups in total. The van der Waals surface area contributed by atoms with Crippen LogP contribution < -0.4 is 4.74 Å². The minimum absolute atomic E-state index is 0.0594. The Morgan fingerprint density at radius 1 is 0.857 bits per heavy atom. The van der Waals surface area contributed by atoms with Gasteiger partial charge in [-0.25, -0.2) is 13.2 Å². The summed E-state index contributed by atoms with van der Waals surface area (Å²) in [7, 11) is 0. The van der Waals surface area contributed by atoms with Gasteiger partial charge in [-0.2, -0.15) is 8.78 Å². The molecule has 2 aromatic carbocycles. The smallest absolute Gasteiger partial charge is 0.207 e. The van der Waals surface area contributed by atoms with Gasteiger partial charge in [0, 0.05) is 9.80 Å². The van der Waals surface area contributed by atoms with E-state index in [9.17, 15) is 22.0 Å². The van der Waals surface area contributed by atoms with Crippen molar-refractivity contribution in [3.05, 3.63) is 57.3 Å². The van der Waals surface area contributed by atoms with Crippen LogP contribution in [0.5, 0.6) is 11.5 Å². The molecule has 2 rings (SSSR count). The minimum Gasteiger partial charge on any atom is -0.451 e. The Bertz CT molecular complexity index is 676. The van der Waals surface area contributed by atoms with Gasteiger partial charge in [0.2, 0.25) is 34.8 Å². The second kappa shape index (κ2) is 6.31. The van der Waals surface area contributed by atoms with E-state index in [1.807, 2.05) is 0 Å². The molecule has 0 atom stereocenters. The number of hydrogen-bond acceptors (Lipinski definition) is 1. The molecule has 0 radical (unpaired) electrons. The van der Waals surface area contributed by atoms with E-state index in [-0.39, 0.29) is 5.75 Å². The van der Waals surface area contributed by atoms with Gasteiger partial charge in [-0.05, 0) is 23.8 Å². The standard InChI is InChI=1S/C13H5Br2F5O/c14-4-5-3-6(1-2-7(5)15)21-13-11(19)9(17)8(16)10(18)12(13)20/h1-3H,4H2. The third-order valence-electron chi connectivity index (χ3n) is 2.55. The highest BCUT2D eigenvalue weighted by Crippen LogP contribution is 2.34. The summed E-state index contributed by atoms with van der Waals surface area (Å²) in [6, 6.07) is 4.25. The average molecular weight is 432 g/mol. The van der Waals surface area contributed by atoms with Crippen LogP contribution in [0.1, 0.15) is 5.56 Å². The molecule has 0 amide bonds. The number of alkyl halides is 1. The normalized spacial score (nSPS) is 10.8. The summed E-state index contributed by atoms with van der Waals surface area (Å²) in [4.78, 5) is 0. The first-order chi connectivity index (χ1) is 9.86. The highest BCUT2D eigenvalue weighted by molar-refractivity contribution is 9.10. The summed E-state index contributed by atoms with van der Waals surface area (Å²) in [6.07, 6.45) is 0. The molecule has 0 spiro atoms. The Morgan fingerprint density at radius 3 is 1.90 bits per heavy atom. The Hall–Kier alpha value is -1.15. The van der Waals surface area contributed by atoms with Crippen LogP contribution in [0.4, 0.5) is 22.0 Å². The molecule has 112 valence electrons. The third-order valence-corrected chi connectivity index (χ3v) is 3.93. The fraction of sp³-hybridized carbons (Fsp3) is 0.0769. The lowest BCUT2D eigenvalue weighted by Gasteiger charge is -2.11. The Morgan fingerprint density at radius 2 is 1.38 bits per heavy atom. The molecule has 0 aliphatic carbocycles. The Labute approximate surface area is 133 Å². The summed E-state index contributed by atoms with van der Waals surface area (Å²) in [6.45, 7) is 0. The van der Waals surface area contributed by atoms with Crippen LogP contribution in [0.25, 0.3) is 0 Å². The van der Waals surface area contributed by atoms with Crippen molar-refractivity contribution in [2.24, 2.45) is 0 Å². The van der Waals surface area contributed by atoms with Crippen LogP contribution in [0.2, 0.25) is 0 Å². The van der Waals surface area contributed by atoms with E-state index in [2.05, 4.69) is 31.9 Å². The van der Waals surface area contributed by atoms with Gasteiger partial charge in [0.25, 0.3) is 0 Å². The van der Waals surface area contributed by atoms with E-state index in [1.54, 1.807) is 0 Å². The highest BCUT2D eigenvalue weighted by Gasteiger charge is 2.27. The van der Waals surface area contributed by atoms with Crippen molar-refractivity contribution in [2.45, 2.75) is 5.33 Å². The van der Waals surface area contributed by atoms with E-state index in [4.69, 9.17) is 4.74 Å². The molecule has 0 bridgehead atoms. The van der Waals surface area contributed by atoms with Crippen LogP contribution in [0, 0.1) is 29.1 Å². The molecule has 21 heavy (non-hydrogen) atoms. The zero-order valence-electron chi connectivity index (χ0n) is 9.99. The molecule has 2 aromatic rings. The summed E-state index contributed by atoms with van der Waals surface area (Å²) < 4.78 is 71.5. The fourth-order valence-corrected chi connectivity index (χ4v) is 2.74. The van der Waals surface area contributed by atoms with Crippen molar-refractivity contribution < 1.29 is 26.7 Å². The number of ether oxygens (including phenoxy) is 1. The van der Waals surface area contributed by atoms with E-state index >= 15 is 0 Å². The Kier molecular flexibility index (Phi) is 4.88. The van der Waals surface area contributed by atoms with Gasteiger partial charge in [0.1, 0.15) is 5.75 Å². The van der Waals surface area contributed by atoms with Crippen molar-refractivity contribution >= 4 is 31.9 Å². The fourth-order valence-electron chi connectivity index (χ4n) is 1.51. The number of rotatable bonds is 3. The van der Waals surface area contributed by atoms with Gasteiger partial charge in [0.05, 0.1) is 0 Å². The van der Waals surface area contributed by atoms with Gasteiger partial charge in [-0.3, -0.25) is 0 Å². The van der Waals surface area contributed by atoms with Crippen molar-refractivity contribution in [1.29, 1.82) is 0 Å². The van der Waals surface area contributed by atoms with Crippen LogP contribution in [-0.4, -0.2) is 0 Å². The second-order valence-electron chi connectivity index (χ2n) is 3.89. The predicted octanol–water partition coefficient (Wildman–Crippen LogP) is 5.83. The van der Waals surface area contributed by atoms with Crippen molar-refractivity contribution in [3.8, 4) is 11.5 Å². The zero-order chi connectivity index (χ0) is 15.7. The van der Waals surface area contributed by atoms with E-state index in [1.165, 1.54) is 18.2 Å². The summed E-state index contributed by atoms with van der Waals surface area (Å²) in [5.41, 5.74) is 0.677. The van der Waals surface area contributed by atoms with Gasteiger partial charge < -0.3 is 4.74 Å². The van der Waals surface area contributed by atoms with Gasteiger partial charge in [-0.1, -0.05) is 31.9 Å². The molecule has 0 aromatic heterocycles. The number of benzene rings is 2. The second-order valence-corrected chi connectivity index (χ2v) is 5.30. The molecule has 8 heteroatoms. The zero-order valence-corrected chi connectivity index (χ0v) is 13.2. The predicted molar refractivity (Wildman–Crippen MR) is 73.1 cm³/mol. The maximum atomic E-state index is 13.5. The molecule has 1 nitrogen and oxygen atoms in total. The van der Waals surface area contributed by atoms with Crippen molar-refractivity contribution in [2.75, 3.05) is 0 Å². The van der Waals surface area contributed by atoms with E-state index in [0.717, 1.165) is 0 Å². The first kappa shape index (κ1) is 16.2. The highest BCUT2D eigenvalue weighted by atomic mass is 79.9. The molecular weight excluding hydrogens is 427 g/mol. The van der Waals surface area contributed by atoms with Crippen molar-refractivity contribution in [3.63, 3.8) is 0 Å². The van der Waals surface area contributed by atoms with E-state index in [0.29, 0.717) is 15.4 Å². The molecule has 0 aliphatic rings. The quantitative estimate of drug-likeness (QED) is 0.257. The monoisotopic (exact) mass is 430 g/mol. The van der Waals surface area contributed by atoms with E-state index < -0.39 is 34.8 Å². The average Bonchev–Trinajstić information content (AvgIpc) is 2.49. The summed E-state index contributed by atoms with van der Waals surface area (Å²) >= 11 is 6.42. The van der Waals surface area contributed by atoms with Gasteiger partial charge in [0.15, 0.2) is 0 Å². The summed E-state index contributed by atoms with van der Waals surface area (Å²) in [5, 5.41) is 0.405. The molecule has 0 heterocycles. The van der Waals surface area contributed by atoms with Gasteiger partial charge in [-0.15, -0.1) is 0 Å². The molecule has 0 saturated heterocycles. The SMILES string of the molecule is Fc1c(F)c(F)c(Oc2ccc(Br)c(CBr)c2)c(F)c1F. The lowest BCUT2D eigenvalue weighted by molar-refractivity contribution is 0.332. The topological polar surface area (TPSA) is 9.23 Å². The molecular formula is C13H5Br2F5O. The minimum atomic E-state index is -2.23. The number of halogens is 7. The Balaban J connectivity index is 2.50. The van der Waals surface area contributed by atoms with Crippen molar-refractivity contribution in [1.82, 2.24) is 0 Å². The van der Waals surface area contributed by atoms with Crippen LogP contribution >= 0.6 is 31.9 Å². The van der Waals surface area contributed by atoms with Crippen LogP contribution in [0.3, 0.4) is 0 Å². The molecule has 0 unspecified atom stereocenters. The molecule has 0 saturated carbocycles. The lowest BCUT2D eigenvalue weighted by Crippen LogP contribution is -2.04. The largest absolute Gasteiger partial charge is 0.451 e. The van der Waals surface area contributed by atoms with Gasteiger partial charge >= 0.3 is 0 Å². The molecule has 0 aliphatic heterocycles. The summed E-state index contributed by atoms with van der Waals surface area (Å²) in [5.74, 6) is -11.8. The maximum absolute atomic E-state index is 13.5. The maximum Gasteiger partial charge on any atom is 0.207 e. The lowest BCUT2D eigenvalue weighted by atomic mass is 10.2. The first-order valence-corrected chi connectivity index (χ1v) is 7.32.